The van der Waals surface area contributed by atoms with E-state index in [1.165, 1.54) is 0 Å². The Morgan fingerprint density at radius 1 is 1.86 bits per heavy atom. The Kier molecular flexibility index (Phi) is 2.61. The van der Waals surface area contributed by atoms with Gasteiger partial charge in [-0.1, -0.05) is 6.58 Å². The number of hydrogen-bond donors (Lipinski definition) is 1. The molecule has 0 radical (unpaired) electrons. The van der Waals surface area contributed by atoms with Crippen LogP contribution >= 0.6 is 9.24 Å². The predicted molar refractivity (Wildman–Crippen MR) is 32.9 cm³/mol. The molecule has 0 aliphatic heterocycles. The summed E-state index contributed by atoms with van der Waals surface area (Å²) in [7, 11) is 2.36. The fourth-order valence-corrected chi connectivity index (χ4v) is 0.302. The standard InChI is InChI=1S/C4H8NOP/c1-3(2-7)4(5)6/h1-2,7H2,(H2,5,6). The second-order valence-corrected chi connectivity index (χ2v) is 1.58. The molecule has 3 heteroatoms. The topological polar surface area (TPSA) is 43.1 Å². The zero-order valence-electron chi connectivity index (χ0n) is 3.98. The molecule has 0 aromatic rings. The van der Waals surface area contributed by atoms with Crippen LogP contribution in [0, 0.1) is 0 Å². The van der Waals surface area contributed by atoms with E-state index in [2.05, 4.69) is 15.8 Å². The van der Waals surface area contributed by atoms with Gasteiger partial charge >= 0.3 is 0 Å². The van der Waals surface area contributed by atoms with Crippen molar-refractivity contribution in [3.63, 3.8) is 0 Å². The second-order valence-electron chi connectivity index (χ2n) is 1.17. The first-order valence-electron chi connectivity index (χ1n) is 1.86. The zero-order chi connectivity index (χ0) is 5.86. The molecule has 2 nitrogen and oxygen atoms in total. The molecular weight excluding hydrogens is 109 g/mol. The van der Waals surface area contributed by atoms with Crippen LogP contribution in [0.4, 0.5) is 0 Å². The Balaban J connectivity index is 3.58. The van der Waals surface area contributed by atoms with E-state index in [0.717, 1.165) is 0 Å². The highest BCUT2D eigenvalue weighted by atomic mass is 31.0. The van der Waals surface area contributed by atoms with Crippen molar-refractivity contribution >= 4 is 15.1 Å². The van der Waals surface area contributed by atoms with E-state index in [1.807, 2.05) is 0 Å². The van der Waals surface area contributed by atoms with Gasteiger partial charge in [-0.3, -0.25) is 4.79 Å². The molecule has 0 aliphatic rings. The Bertz CT molecular complexity index is 99.9. The molecule has 1 unspecified atom stereocenters. The van der Waals surface area contributed by atoms with Crippen molar-refractivity contribution in [3.8, 4) is 0 Å². The normalized spacial score (nSPS) is 8.14. The lowest BCUT2D eigenvalue weighted by molar-refractivity contribution is -0.114. The average Bonchev–Trinajstić information content (AvgIpc) is 1.65. The van der Waals surface area contributed by atoms with Crippen LogP contribution in [-0.4, -0.2) is 12.1 Å². The van der Waals surface area contributed by atoms with E-state index >= 15 is 0 Å². The smallest absolute Gasteiger partial charge is 0.244 e. The number of primary amides is 1. The lowest BCUT2D eigenvalue weighted by Gasteiger charge is -1.89. The molecule has 40 valence electrons. The van der Waals surface area contributed by atoms with Gasteiger partial charge in [0.05, 0.1) is 0 Å². The number of carbonyl (C=O) groups is 1. The minimum atomic E-state index is -0.421. The maximum atomic E-state index is 10.0. The summed E-state index contributed by atoms with van der Waals surface area (Å²) >= 11 is 0. The quantitative estimate of drug-likeness (QED) is 0.398. The molecule has 2 N–H and O–H groups in total. The first-order valence-corrected chi connectivity index (χ1v) is 2.67. The highest BCUT2D eigenvalue weighted by Crippen LogP contribution is 1.92. The van der Waals surface area contributed by atoms with Gasteiger partial charge in [-0.05, 0) is 6.16 Å². The molecule has 0 spiro atoms. The molecular formula is C4H8NOP. The summed E-state index contributed by atoms with van der Waals surface area (Å²) in [6.07, 6.45) is 0.565. The van der Waals surface area contributed by atoms with E-state index < -0.39 is 5.91 Å². The lowest BCUT2D eigenvalue weighted by atomic mass is 10.3. The van der Waals surface area contributed by atoms with E-state index in [-0.39, 0.29) is 0 Å². The van der Waals surface area contributed by atoms with Crippen LogP contribution < -0.4 is 5.73 Å². The Morgan fingerprint density at radius 2 is 2.29 bits per heavy atom. The van der Waals surface area contributed by atoms with Crippen LogP contribution in [0.5, 0.6) is 0 Å². The third-order valence-electron chi connectivity index (χ3n) is 0.595. The summed E-state index contributed by atoms with van der Waals surface area (Å²) in [6.45, 7) is 3.38. The van der Waals surface area contributed by atoms with E-state index in [0.29, 0.717) is 11.7 Å². The van der Waals surface area contributed by atoms with Crippen LogP contribution in [0.3, 0.4) is 0 Å². The molecule has 0 rings (SSSR count). The SMILES string of the molecule is C=C(CP)C(N)=O. The first-order chi connectivity index (χ1) is 3.18. The fraction of sp³-hybridized carbons (Fsp3) is 0.250. The van der Waals surface area contributed by atoms with Crippen molar-refractivity contribution in [2.75, 3.05) is 6.16 Å². The summed E-state index contributed by atoms with van der Waals surface area (Å²) in [5.74, 6) is -0.421. The van der Waals surface area contributed by atoms with Crippen LogP contribution in [0.25, 0.3) is 0 Å². The molecule has 0 fully saturated rings. The minimum Gasteiger partial charge on any atom is -0.366 e. The van der Waals surface area contributed by atoms with Gasteiger partial charge in [0.25, 0.3) is 0 Å². The van der Waals surface area contributed by atoms with Crippen molar-refractivity contribution in [1.29, 1.82) is 0 Å². The third-order valence-corrected chi connectivity index (χ3v) is 1.09. The lowest BCUT2D eigenvalue weighted by Crippen LogP contribution is -2.13. The molecule has 0 saturated heterocycles. The van der Waals surface area contributed by atoms with Gasteiger partial charge in [0.15, 0.2) is 0 Å². The van der Waals surface area contributed by atoms with Crippen LogP contribution in [0.1, 0.15) is 0 Å². The van der Waals surface area contributed by atoms with Gasteiger partial charge in [0, 0.05) is 5.57 Å². The summed E-state index contributed by atoms with van der Waals surface area (Å²) in [5, 5.41) is 0. The van der Waals surface area contributed by atoms with Gasteiger partial charge in [-0.15, -0.1) is 9.24 Å². The second kappa shape index (κ2) is 2.75. The van der Waals surface area contributed by atoms with Crippen molar-refractivity contribution < 1.29 is 4.79 Å². The molecule has 0 saturated carbocycles. The Hall–Kier alpha value is -0.360. The Morgan fingerprint density at radius 3 is 2.29 bits per heavy atom. The molecule has 0 aromatic carbocycles. The maximum Gasteiger partial charge on any atom is 0.244 e. The minimum absolute atomic E-state index is 0.421. The number of hydrogen-bond acceptors (Lipinski definition) is 1. The van der Waals surface area contributed by atoms with Gasteiger partial charge in [-0.2, -0.15) is 0 Å². The molecule has 0 bridgehead atoms. The zero-order valence-corrected chi connectivity index (χ0v) is 5.13. The average molecular weight is 117 g/mol. The maximum absolute atomic E-state index is 10.0. The summed E-state index contributed by atoms with van der Waals surface area (Å²) in [5.41, 5.74) is 5.24. The van der Waals surface area contributed by atoms with E-state index in [1.54, 1.807) is 0 Å². The summed E-state index contributed by atoms with van der Waals surface area (Å²) < 4.78 is 0. The monoisotopic (exact) mass is 117 g/mol. The van der Waals surface area contributed by atoms with E-state index in [9.17, 15) is 4.79 Å². The van der Waals surface area contributed by atoms with Crippen LogP contribution in [0.2, 0.25) is 0 Å². The molecule has 1 atom stereocenters. The summed E-state index contributed by atoms with van der Waals surface area (Å²) in [6, 6.07) is 0. The molecule has 0 heterocycles. The molecule has 0 aromatic heterocycles. The molecule has 7 heavy (non-hydrogen) atoms. The highest BCUT2D eigenvalue weighted by Gasteiger charge is 1.93. The van der Waals surface area contributed by atoms with Crippen molar-refractivity contribution in [2.45, 2.75) is 0 Å². The van der Waals surface area contributed by atoms with Gasteiger partial charge in [0.1, 0.15) is 0 Å². The summed E-state index contributed by atoms with van der Waals surface area (Å²) in [4.78, 5) is 10.0. The largest absolute Gasteiger partial charge is 0.366 e. The van der Waals surface area contributed by atoms with E-state index in [4.69, 9.17) is 5.73 Å². The van der Waals surface area contributed by atoms with Gasteiger partial charge in [0.2, 0.25) is 5.91 Å². The number of carbonyl (C=O) groups excluding carboxylic acids is 1. The van der Waals surface area contributed by atoms with Crippen molar-refractivity contribution in [3.05, 3.63) is 12.2 Å². The fourth-order valence-electron chi connectivity index (χ4n) is 0.101. The van der Waals surface area contributed by atoms with Crippen LogP contribution in [0.15, 0.2) is 12.2 Å². The van der Waals surface area contributed by atoms with Gasteiger partial charge in [-0.25, -0.2) is 0 Å². The van der Waals surface area contributed by atoms with Crippen LogP contribution in [-0.2, 0) is 4.79 Å². The number of rotatable bonds is 2. The van der Waals surface area contributed by atoms with Gasteiger partial charge < -0.3 is 5.73 Å². The third kappa shape index (κ3) is 2.35. The first kappa shape index (κ1) is 6.64. The predicted octanol–water partition coefficient (Wildman–Crippen LogP) is -0.0970. The highest BCUT2D eigenvalue weighted by molar-refractivity contribution is 7.17. The molecule has 0 aliphatic carbocycles. The van der Waals surface area contributed by atoms with Crippen molar-refractivity contribution in [2.24, 2.45) is 5.73 Å². The molecule has 1 amide bonds. The van der Waals surface area contributed by atoms with Crippen molar-refractivity contribution in [1.82, 2.24) is 0 Å². The number of nitrogens with two attached hydrogens (primary N) is 1. The number of amides is 1. The Labute approximate surface area is 45.0 Å².